The minimum Gasteiger partial charge on any atom is -0.395 e. The third-order valence-electron chi connectivity index (χ3n) is 3.19. The van der Waals surface area contributed by atoms with Crippen LogP contribution in [-0.2, 0) is 4.74 Å². The highest BCUT2D eigenvalue weighted by Crippen LogP contribution is 1.94. The Labute approximate surface area is 135 Å². The molecule has 1 fully saturated rings. The molecule has 7 nitrogen and oxygen atoms in total. The zero-order valence-electron chi connectivity index (χ0n) is 14.6. The SMILES string of the molecule is CCN(CC)CCO.CNCCO.OCCN1CCOCC1. The first-order valence-electron chi connectivity index (χ1n) is 8.19. The molecule has 0 amide bonds. The van der Waals surface area contributed by atoms with Crippen molar-refractivity contribution in [3.63, 3.8) is 0 Å². The number of β-amino-alcohol motifs (C(OH)–C–C–N with tert-alkyl or cyclic N) is 1. The number of morpholine rings is 1. The number of rotatable bonds is 8. The number of hydrogen-bond acceptors (Lipinski definition) is 7. The van der Waals surface area contributed by atoms with Gasteiger partial charge in [0, 0.05) is 32.7 Å². The van der Waals surface area contributed by atoms with E-state index in [1.54, 1.807) is 7.05 Å². The molecule has 0 atom stereocenters. The van der Waals surface area contributed by atoms with Crippen molar-refractivity contribution in [1.29, 1.82) is 0 Å². The molecule has 136 valence electrons. The lowest BCUT2D eigenvalue weighted by molar-refractivity contribution is 0.0306. The number of likely N-dealkylation sites (N-methyl/N-ethyl adjacent to an activating group) is 2. The van der Waals surface area contributed by atoms with Gasteiger partial charge < -0.3 is 30.3 Å². The van der Waals surface area contributed by atoms with Crippen LogP contribution in [0.1, 0.15) is 13.8 Å². The lowest BCUT2D eigenvalue weighted by Crippen LogP contribution is -2.37. The van der Waals surface area contributed by atoms with E-state index in [1.165, 1.54) is 0 Å². The summed E-state index contributed by atoms with van der Waals surface area (Å²) in [4.78, 5) is 4.38. The molecular weight excluding hydrogens is 286 g/mol. The molecule has 0 aliphatic carbocycles. The second-order valence-electron chi connectivity index (χ2n) is 4.76. The minimum atomic E-state index is 0.233. The molecule has 22 heavy (non-hydrogen) atoms. The molecule has 0 aromatic rings. The summed E-state index contributed by atoms with van der Waals surface area (Å²) in [5, 5.41) is 27.8. The molecule has 0 saturated carbocycles. The predicted molar refractivity (Wildman–Crippen MR) is 90.2 cm³/mol. The highest BCUT2D eigenvalue weighted by molar-refractivity contribution is 4.59. The number of hydrogen-bond donors (Lipinski definition) is 4. The van der Waals surface area contributed by atoms with Gasteiger partial charge in [0.2, 0.25) is 0 Å². The second-order valence-corrected chi connectivity index (χ2v) is 4.76. The van der Waals surface area contributed by atoms with Gasteiger partial charge in [-0.05, 0) is 20.1 Å². The van der Waals surface area contributed by atoms with Gasteiger partial charge in [-0.3, -0.25) is 4.90 Å². The van der Waals surface area contributed by atoms with Crippen LogP contribution in [-0.4, -0.2) is 111 Å². The first-order valence-corrected chi connectivity index (χ1v) is 8.19. The summed E-state index contributed by atoms with van der Waals surface area (Å²) >= 11 is 0. The summed E-state index contributed by atoms with van der Waals surface area (Å²) in [6.07, 6.45) is 0. The first kappa shape index (κ1) is 24.0. The predicted octanol–water partition coefficient (Wildman–Crippen LogP) is -1.17. The van der Waals surface area contributed by atoms with Crippen molar-refractivity contribution in [2.75, 3.05) is 85.9 Å². The highest BCUT2D eigenvalue weighted by Gasteiger charge is 2.07. The van der Waals surface area contributed by atoms with Crippen molar-refractivity contribution >= 4 is 0 Å². The first-order chi connectivity index (χ1) is 10.7. The fourth-order valence-corrected chi connectivity index (χ4v) is 1.76. The average Bonchev–Trinajstić information content (AvgIpc) is 2.56. The summed E-state index contributed by atoms with van der Waals surface area (Å²) in [5.74, 6) is 0. The minimum absolute atomic E-state index is 0.233. The average molecular weight is 323 g/mol. The Morgan fingerprint density at radius 2 is 1.59 bits per heavy atom. The van der Waals surface area contributed by atoms with Crippen molar-refractivity contribution in [3.8, 4) is 0 Å². The van der Waals surface area contributed by atoms with Crippen LogP contribution in [0, 0.1) is 0 Å². The Bertz CT molecular complexity index is 185. The van der Waals surface area contributed by atoms with Crippen LogP contribution in [0.5, 0.6) is 0 Å². The van der Waals surface area contributed by atoms with Crippen molar-refractivity contribution in [2.24, 2.45) is 0 Å². The standard InChI is InChI=1S/C6H13NO2.C6H15NO.C3H9NO/c8-4-1-7-2-5-9-6-3-7;1-3-7(4-2)5-6-8;1-4-2-3-5/h8H,1-6H2;8H,3-6H2,1-2H3;4-5H,2-3H2,1H3. The Hall–Kier alpha value is -0.280. The number of ether oxygens (including phenoxy) is 1. The zero-order chi connectivity index (χ0) is 17.1. The van der Waals surface area contributed by atoms with Gasteiger partial charge in [-0.15, -0.1) is 0 Å². The Balaban J connectivity index is 0. The van der Waals surface area contributed by atoms with Crippen molar-refractivity contribution in [3.05, 3.63) is 0 Å². The summed E-state index contributed by atoms with van der Waals surface area (Å²) in [6.45, 7) is 12.9. The molecule has 1 rings (SSSR count). The lowest BCUT2D eigenvalue weighted by atomic mass is 10.4. The zero-order valence-corrected chi connectivity index (χ0v) is 14.6. The highest BCUT2D eigenvalue weighted by atomic mass is 16.5. The van der Waals surface area contributed by atoms with E-state index in [4.69, 9.17) is 20.1 Å². The summed E-state index contributed by atoms with van der Waals surface area (Å²) in [7, 11) is 1.80. The van der Waals surface area contributed by atoms with Gasteiger partial charge >= 0.3 is 0 Å². The van der Waals surface area contributed by atoms with E-state index >= 15 is 0 Å². The maximum atomic E-state index is 8.54. The number of aliphatic hydroxyl groups is 3. The molecule has 7 heteroatoms. The van der Waals surface area contributed by atoms with Gasteiger partial charge in [-0.25, -0.2) is 0 Å². The molecule has 1 saturated heterocycles. The third kappa shape index (κ3) is 17.8. The molecule has 0 unspecified atom stereocenters. The van der Waals surface area contributed by atoms with Crippen LogP contribution in [0.15, 0.2) is 0 Å². The second kappa shape index (κ2) is 20.7. The van der Waals surface area contributed by atoms with Gasteiger partial charge in [-0.1, -0.05) is 13.8 Å². The topological polar surface area (TPSA) is 88.4 Å². The van der Waals surface area contributed by atoms with E-state index in [-0.39, 0.29) is 19.8 Å². The van der Waals surface area contributed by atoms with Gasteiger partial charge in [0.1, 0.15) is 0 Å². The van der Waals surface area contributed by atoms with Crippen LogP contribution in [0.2, 0.25) is 0 Å². The van der Waals surface area contributed by atoms with Crippen LogP contribution < -0.4 is 5.32 Å². The van der Waals surface area contributed by atoms with E-state index in [0.29, 0.717) is 6.54 Å². The monoisotopic (exact) mass is 323 g/mol. The van der Waals surface area contributed by atoms with Gasteiger partial charge in [-0.2, -0.15) is 0 Å². The smallest absolute Gasteiger partial charge is 0.0594 e. The van der Waals surface area contributed by atoms with Crippen LogP contribution in [0.3, 0.4) is 0 Å². The fourth-order valence-electron chi connectivity index (χ4n) is 1.76. The van der Waals surface area contributed by atoms with Gasteiger partial charge in [0.15, 0.2) is 0 Å². The van der Waals surface area contributed by atoms with E-state index in [2.05, 4.69) is 29.0 Å². The molecule has 1 aliphatic heterocycles. The maximum absolute atomic E-state index is 8.54. The Morgan fingerprint density at radius 3 is 1.86 bits per heavy atom. The van der Waals surface area contributed by atoms with Crippen molar-refractivity contribution in [2.45, 2.75) is 13.8 Å². The summed E-state index contributed by atoms with van der Waals surface area (Å²) < 4.78 is 5.12. The maximum Gasteiger partial charge on any atom is 0.0594 e. The van der Waals surface area contributed by atoms with Gasteiger partial charge in [0.25, 0.3) is 0 Å². The fraction of sp³-hybridized carbons (Fsp3) is 1.00. The molecule has 1 heterocycles. The molecule has 1 aliphatic rings. The molecule has 4 N–H and O–H groups in total. The Kier molecular flexibility index (Phi) is 22.6. The molecule has 0 spiro atoms. The van der Waals surface area contributed by atoms with Crippen LogP contribution in [0.4, 0.5) is 0 Å². The molecular formula is C15H37N3O4. The van der Waals surface area contributed by atoms with Crippen molar-refractivity contribution in [1.82, 2.24) is 15.1 Å². The summed E-state index contributed by atoms with van der Waals surface area (Å²) in [5.41, 5.74) is 0. The van der Waals surface area contributed by atoms with Crippen molar-refractivity contribution < 1.29 is 20.1 Å². The molecule has 0 bridgehead atoms. The third-order valence-corrected chi connectivity index (χ3v) is 3.19. The normalized spacial score (nSPS) is 14.9. The van der Waals surface area contributed by atoms with E-state index in [0.717, 1.165) is 52.5 Å². The molecule has 0 radical (unpaired) electrons. The van der Waals surface area contributed by atoms with Crippen LogP contribution >= 0.6 is 0 Å². The van der Waals surface area contributed by atoms with Crippen LogP contribution in [0.25, 0.3) is 0 Å². The number of nitrogens with zero attached hydrogens (tertiary/aromatic N) is 2. The van der Waals surface area contributed by atoms with E-state index in [1.807, 2.05) is 0 Å². The Morgan fingerprint density at radius 1 is 1.00 bits per heavy atom. The van der Waals surface area contributed by atoms with E-state index in [9.17, 15) is 0 Å². The molecule has 0 aromatic carbocycles. The largest absolute Gasteiger partial charge is 0.395 e. The number of nitrogens with one attached hydrogen (secondary N) is 1. The van der Waals surface area contributed by atoms with E-state index < -0.39 is 0 Å². The molecule has 0 aromatic heterocycles. The summed E-state index contributed by atoms with van der Waals surface area (Å²) in [6, 6.07) is 0. The quantitative estimate of drug-likeness (QED) is 0.448. The van der Waals surface area contributed by atoms with Gasteiger partial charge in [0.05, 0.1) is 33.0 Å². The lowest BCUT2D eigenvalue weighted by Gasteiger charge is -2.25. The number of aliphatic hydroxyl groups excluding tert-OH is 3.